The molecule has 7 nitrogen and oxygen atoms in total. The Morgan fingerprint density at radius 2 is 2.11 bits per heavy atom. The molecule has 0 radical (unpaired) electrons. The van der Waals surface area contributed by atoms with Crippen LogP contribution in [0.15, 0.2) is 36.7 Å². The Morgan fingerprint density at radius 1 is 1.32 bits per heavy atom. The van der Waals surface area contributed by atoms with Crippen molar-refractivity contribution in [3.8, 4) is 6.07 Å². The monoisotopic (exact) mass is 398 g/mol. The van der Waals surface area contributed by atoms with Gasteiger partial charge in [0.15, 0.2) is 11.6 Å². The molecule has 0 atom stereocenters. The number of carbonyl (C=O) groups is 1. The van der Waals surface area contributed by atoms with Crippen LogP contribution in [0.4, 0.5) is 10.1 Å². The third-order valence-corrected chi connectivity index (χ3v) is 6.74. The number of halogens is 1. The number of carbonyl (C=O) groups excluding carboxylic acids is 1. The van der Waals surface area contributed by atoms with Gasteiger partial charge >= 0.3 is 0 Å². The average Bonchev–Trinajstić information content (AvgIpc) is 3.03. The summed E-state index contributed by atoms with van der Waals surface area (Å²) < 4.78 is 41.8. The van der Waals surface area contributed by atoms with Gasteiger partial charge in [-0.1, -0.05) is 12.5 Å². The largest absolute Gasteiger partial charge is 0.345 e. The molecule has 3 aromatic rings. The Hall–Kier alpha value is -3.25. The summed E-state index contributed by atoms with van der Waals surface area (Å²) in [7, 11) is -3.69. The Balaban J connectivity index is 1.72. The molecule has 4 rings (SSSR count). The number of pyridine rings is 1. The average molecular weight is 398 g/mol. The Labute approximate surface area is 160 Å². The number of aromatic amines is 1. The number of rotatable bonds is 5. The van der Waals surface area contributed by atoms with E-state index in [4.69, 9.17) is 5.26 Å². The van der Waals surface area contributed by atoms with Crippen LogP contribution in [0.2, 0.25) is 0 Å². The number of nitriles is 1. The first-order valence-corrected chi connectivity index (χ1v) is 10.2. The highest BCUT2D eigenvalue weighted by Gasteiger charge is 2.32. The van der Waals surface area contributed by atoms with Gasteiger partial charge in [0.2, 0.25) is 10.0 Å². The number of aromatic nitrogens is 2. The molecule has 1 aliphatic carbocycles. The molecule has 0 bridgehead atoms. The maximum atomic E-state index is 15.0. The summed E-state index contributed by atoms with van der Waals surface area (Å²) in [5, 5.41) is 8.89. The van der Waals surface area contributed by atoms with Crippen LogP contribution >= 0.6 is 0 Å². The van der Waals surface area contributed by atoms with E-state index in [1.165, 1.54) is 36.7 Å². The van der Waals surface area contributed by atoms with Crippen LogP contribution in [0.25, 0.3) is 11.0 Å². The van der Waals surface area contributed by atoms with E-state index >= 15 is 0 Å². The van der Waals surface area contributed by atoms with Crippen molar-refractivity contribution in [1.29, 1.82) is 5.26 Å². The third-order valence-electron chi connectivity index (χ3n) is 4.89. The molecule has 2 heterocycles. The second kappa shape index (κ2) is 6.73. The summed E-state index contributed by atoms with van der Waals surface area (Å²) in [4.78, 5) is 19.8. The molecule has 9 heteroatoms. The number of nitrogens with one attached hydrogen (secondary N) is 2. The molecule has 1 aromatic carbocycles. The van der Waals surface area contributed by atoms with Gasteiger partial charge in [-0.15, -0.1) is 0 Å². The molecule has 2 N–H and O–H groups in total. The number of benzene rings is 1. The molecule has 142 valence electrons. The predicted octanol–water partition coefficient (Wildman–Crippen LogP) is 3.10. The van der Waals surface area contributed by atoms with E-state index in [1.54, 1.807) is 0 Å². The van der Waals surface area contributed by atoms with E-state index in [-0.39, 0.29) is 22.4 Å². The van der Waals surface area contributed by atoms with Gasteiger partial charge in [0, 0.05) is 23.3 Å². The molecule has 0 unspecified atom stereocenters. The van der Waals surface area contributed by atoms with Crippen molar-refractivity contribution in [2.75, 3.05) is 4.72 Å². The highest BCUT2D eigenvalue weighted by Crippen LogP contribution is 2.30. The second-order valence-electron chi connectivity index (χ2n) is 6.63. The minimum atomic E-state index is -3.69. The zero-order valence-corrected chi connectivity index (χ0v) is 15.4. The first-order chi connectivity index (χ1) is 13.4. The number of anilines is 1. The number of ketones is 1. The quantitative estimate of drug-likeness (QED) is 0.641. The normalized spacial score (nSPS) is 14.4. The van der Waals surface area contributed by atoms with Crippen LogP contribution in [-0.2, 0) is 10.0 Å². The molecule has 0 spiro atoms. The van der Waals surface area contributed by atoms with Crippen LogP contribution in [0, 0.1) is 17.1 Å². The SMILES string of the molecule is N#Cc1cnc2[nH]cc(C(=O)c3cccc(NS(=O)(=O)C4CCC4)c3F)c2c1. The minimum Gasteiger partial charge on any atom is -0.345 e. The maximum absolute atomic E-state index is 15.0. The zero-order chi connectivity index (χ0) is 19.9. The molecule has 1 saturated carbocycles. The highest BCUT2D eigenvalue weighted by molar-refractivity contribution is 7.93. The Morgan fingerprint density at radius 3 is 2.79 bits per heavy atom. The number of nitrogens with zero attached hydrogens (tertiary/aromatic N) is 2. The number of H-pyrrole nitrogens is 1. The van der Waals surface area contributed by atoms with E-state index in [1.807, 2.05) is 6.07 Å². The molecule has 0 amide bonds. The van der Waals surface area contributed by atoms with E-state index in [2.05, 4.69) is 14.7 Å². The molecule has 1 fully saturated rings. The molecule has 1 aliphatic rings. The van der Waals surface area contributed by atoms with Crippen molar-refractivity contribution < 1.29 is 17.6 Å². The third kappa shape index (κ3) is 3.01. The van der Waals surface area contributed by atoms with Crippen molar-refractivity contribution in [3.63, 3.8) is 0 Å². The lowest BCUT2D eigenvalue weighted by molar-refractivity contribution is 0.103. The van der Waals surface area contributed by atoms with Gasteiger partial charge in [-0.3, -0.25) is 9.52 Å². The summed E-state index contributed by atoms with van der Waals surface area (Å²) in [6.07, 6.45) is 4.67. The van der Waals surface area contributed by atoms with Crippen LogP contribution in [-0.4, -0.2) is 29.4 Å². The Kier molecular flexibility index (Phi) is 4.35. The van der Waals surface area contributed by atoms with Crippen molar-refractivity contribution in [3.05, 3.63) is 59.2 Å². The van der Waals surface area contributed by atoms with Gasteiger partial charge in [0.05, 0.1) is 22.1 Å². The van der Waals surface area contributed by atoms with Gasteiger partial charge in [-0.2, -0.15) is 5.26 Å². The molecule has 0 aliphatic heterocycles. The molecule has 0 saturated heterocycles. The van der Waals surface area contributed by atoms with Gasteiger partial charge in [0.1, 0.15) is 11.7 Å². The van der Waals surface area contributed by atoms with Crippen LogP contribution in [0.3, 0.4) is 0 Å². The van der Waals surface area contributed by atoms with E-state index in [0.29, 0.717) is 23.9 Å². The summed E-state index contributed by atoms with van der Waals surface area (Å²) in [5.41, 5.74) is 0.288. The lowest BCUT2D eigenvalue weighted by Gasteiger charge is -2.25. The lowest BCUT2D eigenvalue weighted by atomic mass is 10.0. The zero-order valence-electron chi connectivity index (χ0n) is 14.6. The fraction of sp³-hybridized carbons (Fsp3) is 0.211. The summed E-state index contributed by atoms with van der Waals surface area (Å²) in [6.45, 7) is 0. The number of hydrogen-bond acceptors (Lipinski definition) is 5. The first-order valence-electron chi connectivity index (χ1n) is 8.63. The minimum absolute atomic E-state index is 0.150. The first kappa shape index (κ1) is 18.1. The highest BCUT2D eigenvalue weighted by atomic mass is 32.2. The molecule has 28 heavy (non-hydrogen) atoms. The second-order valence-corrected chi connectivity index (χ2v) is 8.59. The van der Waals surface area contributed by atoms with Crippen LogP contribution in [0.5, 0.6) is 0 Å². The number of sulfonamides is 1. The molecular formula is C19H15FN4O3S. The van der Waals surface area contributed by atoms with Crippen molar-refractivity contribution in [2.24, 2.45) is 0 Å². The van der Waals surface area contributed by atoms with Crippen molar-refractivity contribution in [2.45, 2.75) is 24.5 Å². The summed E-state index contributed by atoms with van der Waals surface area (Å²) in [6, 6.07) is 7.43. The standard InChI is InChI=1S/C19H15FN4O3S/c20-17-13(5-2-6-16(17)24-28(26,27)12-3-1-4-12)18(25)15-10-23-19-14(15)7-11(8-21)9-22-19/h2,5-7,9-10,12,24H,1,3-4H2,(H,22,23). The van der Waals surface area contributed by atoms with Crippen LogP contribution in [0.1, 0.15) is 40.7 Å². The smallest absolute Gasteiger partial charge is 0.235 e. The fourth-order valence-electron chi connectivity index (χ4n) is 3.10. The van der Waals surface area contributed by atoms with E-state index < -0.39 is 26.9 Å². The van der Waals surface area contributed by atoms with E-state index in [0.717, 1.165) is 6.42 Å². The fourth-order valence-corrected chi connectivity index (χ4v) is 4.69. The molecular weight excluding hydrogens is 383 g/mol. The van der Waals surface area contributed by atoms with E-state index in [9.17, 15) is 17.6 Å². The Bertz CT molecular complexity index is 1240. The predicted molar refractivity (Wildman–Crippen MR) is 101 cm³/mol. The summed E-state index contributed by atoms with van der Waals surface area (Å²) >= 11 is 0. The topological polar surface area (TPSA) is 116 Å². The maximum Gasteiger partial charge on any atom is 0.235 e. The molecule has 2 aromatic heterocycles. The van der Waals surface area contributed by atoms with Crippen molar-refractivity contribution >= 4 is 32.5 Å². The van der Waals surface area contributed by atoms with Gasteiger partial charge in [-0.25, -0.2) is 17.8 Å². The van der Waals surface area contributed by atoms with Gasteiger partial charge < -0.3 is 4.98 Å². The van der Waals surface area contributed by atoms with Crippen LogP contribution < -0.4 is 4.72 Å². The van der Waals surface area contributed by atoms with Gasteiger partial charge in [-0.05, 0) is 31.0 Å². The number of fused-ring (bicyclic) bond motifs is 1. The van der Waals surface area contributed by atoms with Crippen molar-refractivity contribution in [1.82, 2.24) is 9.97 Å². The summed E-state index contributed by atoms with van der Waals surface area (Å²) in [5.74, 6) is -1.57. The number of hydrogen-bond donors (Lipinski definition) is 2. The lowest BCUT2D eigenvalue weighted by Crippen LogP contribution is -2.33. The van der Waals surface area contributed by atoms with Gasteiger partial charge in [0.25, 0.3) is 0 Å².